The zero-order valence-corrected chi connectivity index (χ0v) is 11.4. The van der Waals surface area contributed by atoms with E-state index in [0.29, 0.717) is 4.34 Å². The monoisotopic (exact) mass is 287 g/mol. The van der Waals surface area contributed by atoms with Gasteiger partial charge < -0.3 is 0 Å². The Balaban J connectivity index is 2.87. The van der Waals surface area contributed by atoms with Crippen LogP contribution in [0.15, 0.2) is 10.3 Å². The van der Waals surface area contributed by atoms with Gasteiger partial charge in [0.1, 0.15) is 4.21 Å². The third kappa shape index (κ3) is 3.60. The Hall–Kier alpha value is 0.190. The zero-order chi connectivity index (χ0) is 11.6. The van der Waals surface area contributed by atoms with Crippen molar-refractivity contribution in [1.29, 1.82) is 0 Å². The van der Waals surface area contributed by atoms with Gasteiger partial charge in [-0.3, -0.25) is 0 Å². The van der Waals surface area contributed by atoms with Crippen molar-refractivity contribution in [3.05, 3.63) is 16.0 Å². The molecular formula is C8H11Cl2NO2S2. The van der Waals surface area contributed by atoms with E-state index in [1.165, 1.54) is 0 Å². The molecule has 7 heteroatoms. The number of hydrogen-bond donors (Lipinski definition) is 1. The first-order valence-electron chi connectivity index (χ1n) is 4.22. The molecule has 0 saturated carbocycles. The largest absolute Gasteiger partial charge is 0.250 e. The number of thiophene rings is 1. The summed E-state index contributed by atoms with van der Waals surface area (Å²) in [6, 6.07) is 1.55. The van der Waals surface area contributed by atoms with Crippen LogP contribution in [0.4, 0.5) is 0 Å². The second-order valence-electron chi connectivity index (χ2n) is 3.15. The van der Waals surface area contributed by atoms with E-state index < -0.39 is 10.0 Å². The molecule has 1 rings (SSSR count). The first kappa shape index (κ1) is 13.3. The predicted molar refractivity (Wildman–Crippen MR) is 64.6 cm³/mol. The van der Waals surface area contributed by atoms with Gasteiger partial charge in [0, 0.05) is 11.9 Å². The molecule has 0 fully saturated rings. The van der Waals surface area contributed by atoms with Gasteiger partial charge in [-0.2, -0.15) is 0 Å². The topological polar surface area (TPSA) is 46.2 Å². The Labute approximate surface area is 103 Å². The molecule has 0 aromatic carbocycles. The second kappa shape index (κ2) is 5.01. The zero-order valence-electron chi connectivity index (χ0n) is 8.25. The fourth-order valence-electron chi connectivity index (χ4n) is 0.860. The van der Waals surface area contributed by atoms with E-state index in [1.54, 1.807) is 19.9 Å². The van der Waals surface area contributed by atoms with Gasteiger partial charge in [0.05, 0.1) is 4.34 Å². The van der Waals surface area contributed by atoms with Crippen molar-refractivity contribution < 1.29 is 8.42 Å². The van der Waals surface area contributed by atoms with Crippen molar-refractivity contribution in [3.8, 4) is 0 Å². The molecule has 1 heterocycles. The smallest absolute Gasteiger partial charge is 0.209 e. The van der Waals surface area contributed by atoms with Crippen LogP contribution in [0.3, 0.4) is 0 Å². The normalized spacial score (nSPS) is 14.1. The van der Waals surface area contributed by atoms with Gasteiger partial charge in [0.15, 0.2) is 0 Å². The van der Waals surface area contributed by atoms with Crippen molar-refractivity contribution in [3.63, 3.8) is 0 Å². The van der Waals surface area contributed by atoms with Crippen LogP contribution in [0, 0.1) is 6.92 Å². The summed E-state index contributed by atoms with van der Waals surface area (Å²) in [7, 11) is -3.46. The number of nitrogens with one attached hydrogen (secondary N) is 1. The molecule has 15 heavy (non-hydrogen) atoms. The molecular weight excluding hydrogens is 277 g/mol. The molecule has 0 amide bonds. The third-order valence-electron chi connectivity index (χ3n) is 1.65. The van der Waals surface area contributed by atoms with E-state index >= 15 is 0 Å². The number of halogens is 2. The highest BCUT2D eigenvalue weighted by molar-refractivity contribution is 7.91. The summed E-state index contributed by atoms with van der Waals surface area (Å²) < 4.78 is 26.5. The predicted octanol–water partition coefficient (Wildman–Crippen LogP) is 2.62. The molecule has 86 valence electrons. The van der Waals surface area contributed by atoms with Crippen molar-refractivity contribution in [2.45, 2.75) is 23.4 Å². The van der Waals surface area contributed by atoms with Gasteiger partial charge >= 0.3 is 0 Å². The van der Waals surface area contributed by atoms with Gasteiger partial charge in [0.25, 0.3) is 0 Å². The van der Waals surface area contributed by atoms with Gasteiger partial charge in [-0.1, -0.05) is 11.6 Å². The van der Waals surface area contributed by atoms with Crippen molar-refractivity contribution in [2.75, 3.05) is 6.54 Å². The SMILES string of the molecule is Cc1cc(S(=O)(=O)NCC(C)Cl)sc1Cl. The molecule has 1 atom stereocenters. The number of alkyl halides is 1. The molecule has 0 bridgehead atoms. The number of rotatable bonds is 4. The third-order valence-corrected chi connectivity index (χ3v) is 5.26. The number of hydrogen-bond acceptors (Lipinski definition) is 3. The lowest BCUT2D eigenvalue weighted by Gasteiger charge is -2.05. The summed E-state index contributed by atoms with van der Waals surface area (Å²) >= 11 is 12.5. The Morgan fingerprint density at radius 3 is 2.60 bits per heavy atom. The maximum atomic E-state index is 11.7. The second-order valence-corrected chi connectivity index (χ2v) is 7.55. The number of sulfonamides is 1. The van der Waals surface area contributed by atoms with E-state index in [-0.39, 0.29) is 16.1 Å². The molecule has 1 aromatic heterocycles. The molecule has 1 unspecified atom stereocenters. The Bertz CT molecular complexity index is 420. The van der Waals surface area contributed by atoms with Crippen molar-refractivity contribution in [1.82, 2.24) is 4.72 Å². The molecule has 3 nitrogen and oxygen atoms in total. The van der Waals surface area contributed by atoms with Crippen LogP contribution >= 0.6 is 34.5 Å². The Morgan fingerprint density at radius 1 is 1.60 bits per heavy atom. The first-order chi connectivity index (χ1) is 6.83. The lowest BCUT2D eigenvalue weighted by molar-refractivity contribution is 0.583. The minimum atomic E-state index is -3.46. The average molecular weight is 288 g/mol. The summed E-state index contributed by atoms with van der Waals surface area (Å²) in [6.45, 7) is 3.69. The maximum Gasteiger partial charge on any atom is 0.250 e. The standard InChI is InChI=1S/C8H11Cl2NO2S2/c1-5-3-7(14-8(5)10)15(12,13)11-4-6(2)9/h3,6,11H,4H2,1-2H3. The first-order valence-corrected chi connectivity index (χ1v) is 7.34. The molecule has 1 aromatic rings. The van der Waals surface area contributed by atoms with E-state index in [1.807, 2.05) is 0 Å². The molecule has 0 saturated heterocycles. The van der Waals surface area contributed by atoms with Crippen LogP contribution in [-0.2, 0) is 10.0 Å². The van der Waals surface area contributed by atoms with Crippen LogP contribution in [-0.4, -0.2) is 20.3 Å². The van der Waals surface area contributed by atoms with Crippen LogP contribution in [0.1, 0.15) is 12.5 Å². The highest BCUT2D eigenvalue weighted by atomic mass is 35.5. The van der Waals surface area contributed by atoms with Crippen molar-refractivity contribution >= 4 is 44.6 Å². The van der Waals surface area contributed by atoms with E-state index in [0.717, 1.165) is 16.9 Å². The van der Waals surface area contributed by atoms with Gasteiger partial charge in [-0.15, -0.1) is 22.9 Å². The van der Waals surface area contributed by atoms with Crippen LogP contribution in [0.2, 0.25) is 4.34 Å². The van der Waals surface area contributed by atoms with Gasteiger partial charge in [-0.05, 0) is 25.5 Å². The summed E-state index contributed by atoms with van der Waals surface area (Å²) in [5.74, 6) is 0. The fraction of sp³-hybridized carbons (Fsp3) is 0.500. The molecule has 0 spiro atoms. The highest BCUT2D eigenvalue weighted by Crippen LogP contribution is 2.29. The summed E-state index contributed by atoms with van der Waals surface area (Å²) in [5.41, 5.74) is 0.765. The Kier molecular flexibility index (Phi) is 4.43. The highest BCUT2D eigenvalue weighted by Gasteiger charge is 2.18. The van der Waals surface area contributed by atoms with Gasteiger partial charge in [0.2, 0.25) is 10.0 Å². The summed E-state index contributed by atoms with van der Waals surface area (Å²) in [5, 5.41) is -0.240. The Morgan fingerprint density at radius 2 is 2.20 bits per heavy atom. The molecule has 0 aliphatic carbocycles. The molecule has 0 aliphatic heterocycles. The van der Waals surface area contributed by atoms with Crippen LogP contribution in [0.25, 0.3) is 0 Å². The minimum Gasteiger partial charge on any atom is -0.209 e. The molecule has 1 N–H and O–H groups in total. The molecule has 0 radical (unpaired) electrons. The average Bonchev–Trinajstić information content (AvgIpc) is 2.45. The summed E-state index contributed by atoms with van der Waals surface area (Å²) in [6.07, 6.45) is 0. The van der Waals surface area contributed by atoms with E-state index in [9.17, 15) is 8.42 Å². The lowest BCUT2D eigenvalue weighted by Crippen LogP contribution is -2.28. The minimum absolute atomic E-state index is 0.207. The van der Waals surface area contributed by atoms with E-state index in [2.05, 4.69) is 4.72 Å². The number of aryl methyl sites for hydroxylation is 1. The van der Waals surface area contributed by atoms with Crippen LogP contribution in [0.5, 0.6) is 0 Å². The van der Waals surface area contributed by atoms with E-state index in [4.69, 9.17) is 23.2 Å². The maximum absolute atomic E-state index is 11.7. The van der Waals surface area contributed by atoms with Crippen molar-refractivity contribution in [2.24, 2.45) is 0 Å². The van der Waals surface area contributed by atoms with Gasteiger partial charge in [-0.25, -0.2) is 13.1 Å². The van der Waals surface area contributed by atoms with Crippen LogP contribution < -0.4 is 4.72 Å². The molecule has 0 aliphatic rings. The quantitative estimate of drug-likeness (QED) is 0.866. The fourth-order valence-corrected chi connectivity index (χ4v) is 3.91. The summed E-state index contributed by atoms with van der Waals surface area (Å²) in [4.78, 5) is 0. The lowest BCUT2D eigenvalue weighted by atomic mass is 10.4.